The second-order valence-electron chi connectivity index (χ2n) is 5.74. The van der Waals surface area contributed by atoms with E-state index in [2.05, 4.69) is 10.2 Å². The fraction of sp³-hybridized carbons (Fsp3) is 0.600. The summed E-state index contributed by atoms with van der Waals surface area (Å²) in [6.45, 7) is 3.40. The van der Waals surface area contributed by atoms with Gasteiger partial charge in [-0.25, -0.2) is 8.78 Å². The first-order valence-corrected chi connectivity index (χ1v) is 7.29. The molecule has 2 aliphatic rings. The molecular weight excluding hydrogens is 262 g/mol. The summed E-state index contributed by atoms with van der Waals surface area (Å²) in [5, 5.41) is 13.3. The highest BCUT2D eigenvalue weighted by Crippen LogP contribution is 2.45. The van der Waals surface area contributed by atoms with E-state index in [1.165, 1.54) is 0 Å². The van der Waals surface area contributed by atoms with Crippen molar-refractivity contribution in [1.29, 1.82) is 0 Å². The molecule has 5 heteroatoms. The molecule has 1 heterocycles. The van der Waals surface area contributed by atoms with E-state index in [1.54, 1.807) is 0 Å². The molecule has 0 aromatic heterocycles. The Morgan fingerprint density at radius 3 is 2.45 bits per heavy atom. The maximum Gasteiger partial charge on any atom is 0.134 e. The van der Waals surface area contributed by atoms with Gasteiger partial charge >= 0.3 is 0 Å². The zero-order chi connectivity index (χ0) is 14.1. The number of nitrogens with one attached hydrogen (secondary N) is 1. The maximum atomic E-state index is 14.2. The first kappa shape index (κ1) is 13.8. The summed E-state index contributed by atoms with van der Waals surface area (Å²) >= 11 is 0. The largest absolute Gasteiger partial charge is 0.507 e. The van der Waals surface area contributed by atoms with Crippen LogP contribution in [0.15, 0.2) is 12.1 Å². The highest BCUT2D eigenvalue weighted by molar-refractivity contribution is 5.37. The van der Waals surface area contributed by atoms with Gasteiger partial charge in [-0.1, -0.05) is 6.42 Å². The number of benzene rings is 1. The van der Waals surface area contributed by atoms with E-state index < -0.39 is 11.6 Å². The van der Waals surface area contributed by atoms with Crippen LogP contribution < -0.4 is 5.32 Å². The first-order chi connectivity index (χ1) is 9.66. The number of hydrogen-bond acceptors (Lipinski definition) is 3. The third-order valence-corrected chi connectivity index (χ3v) is 4.51. The normalized spacial score (nSPS) is 22.5. The van der Waals surface area contributed by atoms with Crippen molar-refractivity contribution in [3.63, 3.8) is 0 Å². The lowest BCUT2D eigenvalue weighted by Gasteiger charge is -2.43. The molecule has 1 aliphatic carbocycles. The van der Waals surface area contributed by atoms with E-state index in [1.807, 2.05) is 0 Å². The number of halogens is 2. The smallest absolute Gasteiger partial charge is 0.134 e. The van der Waals surface area contributed by atoms with E-state index in [9.17, 15) is 13.9 Å². The van der Waals surface area contributed by atoms with Gasteiger partial charge in [0, 0.05) is 49.9 Å². The van der Waals surface area contributed by atoms with Crippen molar-refractivity contribution < 1.29 is 13.9 Å². The van der Waals surface area contributed by atoms with Gasteiger partial charge in [0.05, 0.1) is 0 Å². The van der Waals surface area contributed by atoms with Crippen molar-refractivity contribution in [2.24, 2.45) is 5.92 Å². The summed E-state index contributed by atoms with van der Waals surface area (Å²) in [6, 6.07) is 1.77. The molecule has 20 heavy (non-hydrogen) atoms. The van der Waals surface area contributed by atoms with Gasteiger partial charge in [-0.05, 0) is 18.8 Å². The summed E-state index contributed by atoms with van der Waals surface area (Å²) in [4.78, 5) is 2.22. The summed E-state index contributed by atoms with van der Waals surface area (Å²) in [5.74, 6) is -1.24. The number of hydrogen-bond donors (Lipinski definition) is 2. The van der Waals surface area contributed by atoms with E-state index in [0.29, 0.717) is 5.92 Å². The van der Waals surface area contributed by atoms with Gasteiger partial charge in [0.15, 0.2) is 0 Å². The molecule has 0 unspecified atom stereocenters. The standard InChI is InChI=1S/C15H20F2N2O/c16-11-8-12(17)14(13(20)9-11)15(10-2-1-3-10)19-6-4-18-5-7-19/h8-10,15,18,20H,1-7H2/t15-/m0/s1. The summed E-state index contributed by atoms with van der Waals surface area (Å²) in [5.41, 5.74) is 0.276. The summed E-state index contributed by atoms with van der Waals surface area (Å²) < 4.78 is 27.4. The highest BCUT2D eigenvalue weighted by Gasteiger charge is 2.36. The van der Waals surface area contributed by atoms with Crippen LogP contribution in [0.5, 0.6) is 5.75 Å². The predicted molar refractivity (Wildman–Crippen MR) is 72.5 cm³/mol. The van der Waals surface area contributed by atoms with Crippen LogP contribution in [0.4, 0.5) is 8.78 Å². The van der Waals surface area contributed by atoms with Crippen LogP contribution in [0.1, 0.15) is 30.9 Å². The Balaban J connectivity index is 1.96. The molecule has 1 atom stereocenters. The van der Waals surface area contributed by atoms with Crippen LogP contribution in [0, 0.1) is 17.6 Å². The van der Waals surface area contributed by atoms with Crippen molar-refractivity contribution >= 4 is 0 Å². The molecule has 0 radical (unpaired) electrons. The maximum absolute atomic E-state index is 14.2. The number of rotatable bonds is 3. The fourth-order valence-corrected chi connectivity index (χ4v) is 3.30. The average molecular weight is 282 g/mol. The minimum atomic E-state index is -0.726. The summed E-state index contributed by atoms with van der Waals surface area (Å²) in [6.07, 6.45) is 3.24. The quantitative estimate of drug-likeness (QED) is 0.893. The van der Waals surface area contributed by atoms with Gasteiger partial charge in [0.1, 0.15) is 17.4 Å². The molecule has 2 N–H and O–H groups in total. The Bertz CT molecular complexity index is 462. The van der Waals surface area contributed by atoms with Crippen molar-refractivity contribution in [3.8, 4) is 5.75 Å². The Morgan fingerprint density at radius 2 is 1.90 bits per heavy atom. The second kappa shape index (κ2) is 5.66. The fourth-order valence-electron chi connectivity index (χ4n) is 3.30. The third-order valence-electron chi connectivity index (χ3n) is 4.51. The molecule has 0 amide bonds. The molecule has 2 fully saturated rings. The van der Waals surface area contributed by atoms with Crippen LogP contribution in [0.3, 0.4) is 0 Å². The number of phenols is 1. The minimum absolute atomic E-state index is 0.133. The SMILES string of the molecule is Oc1cc(F)cc(F)c1[C@H](C1CCC1)N1CCNCC1. The average Bonchev–Trinajstić information content (AvgIpc) is 2.35. The lowest BCUT2D eigenvalue weighted by Crippen LogP contribution is -2.48. The Kier molecular flexibility index (Phi) is 3.89. The van der Waals surface area contributed by atoms with Gasteiger partial charge in [-0.3, -0.25) is 4.90 Å². The molecular formula is C15H20F2N2O. The molecule has 1 aliphatic heterocycles. The number of nitrogens with zero attached hydrogens (tertiary/aromatic N) is 1. The molecule has 1 aromatic carbocycles. The lowest BCUT2D eigenvalue weighted by molar-refractivity contribution is 0.0791. The molecule has 3 nitrogen and oxygen atoms in total. The predicted octanol–water partition coefficient (Wildman–Crippen LogP) is 2.42. The van der Waals surface area contributed by atoms with Gasteiger partial charge in [0.2, 0.25) is 0 Å². The molecule has 0 spiro atoms. The zero-order valence-corrected chi connectivity index (χ0v) is 11.4. The third kappa shape index (κ3) is 2.52. The molecule has 1 saturated heterocycles. The number of piperazine rings is 1. The minimum Gasteiger partial charge on any atom is -0.507 e. The zero-order valence-electron chi connectivity index (χ0n) is 11.4. The van der Waals surface area contributed by atoms with Crippen LogP contribution in [-0.2, 0) is 0 Å². The van der Waals surface area contributed by atoms with Gasteiger partial charge in [0.25, 0.3) is 0 Å². The van der Waals surface area contributed by atoms with E-state index in [0.717, 1.165) is 57.6 Å². The molecule has 110 valence electrons. The van der Waals surface area contributed by atoms with E-state index in [4.69, 9.17) is 0 Å². The molecule has 3 rings (SSSR count). The van der Waals surface area contributed by atoms with Crippen LogP contribution in [-0.4, -0.2) is 36.2 Å². The van der Waals surface area contributed by atoms with Crippen LogP contribution in [0.2, 0.25) is 0 Å². The molecule has 0 bridgehead atoms. The van der Waals surface area contributed by atoms with Gasteiger partial charge in [-0.15, -0.1) is 0 Å². The van der Waals surface area contributed by atoms with Gasteiger partial charge < -0.3 is 10.4 Å². The van der Waals surface area contributed by atoms with Crippen LogP contribution in [0.25, 0.3) is 0 Å². The van der Waals surface area contributed by atoms with E-state index in [-0.39, 0.29) is 17.4 Å². The molecule has 1 aromatic rings. The number of aromatic hydroxyl groups is 1. The van der Waals surface area contributed by atoms with Crippen molar-refractivity contribution in [2.75, 3.05) is 26.2 Å². The van der Waals surface area contributed by atoms with Crippen molar-refractivity contribution in [3.05, 3.63) is 29.3 Å². The Morgan fingerprint density at radius 1 is 1.20 bits per heavy atom. The highest BCUT2D eigenvalue weighted by atomic mass is 19.1. The first-order valence-electron chi connectivity index (χ1n) is 7.29. The topological polar surface area (TPSA) is 35.5 Å². The van der Waals surface area contributed by atoms with Crippen LogP contribution >= 0.6 is 0 Å². The second-order valence-corrected chi connectivity index (χ2v) is 5.74. The van der Waals surface area contributed by atoms with Crippen molar-refractivity contribution in [1.82, 2.24) is 10.2 Å². The van der Waals surface area contributed by atoms with Crippen molar-refractivity contribution in [2.45, 2.75) is 25.3 Å². The van der Waals surface area contributed by atoms with Gasteiger partial charge in [-0.2, -0.15) is 0 Å². The monoisotopic (exact) mass is 282 g/mol. The lowest BCUT2D eigenvalue weighted by atomic mass is 9.76. The Labute approximate surface area is 117 Å². The summed E-state index contributed by atoms with van der Waals surface area (Å²) in [7, 11) is 0. The van der Waals surface area contributed by atoms with E-state index >= 15 is 0 Å². The number of phenolic OH excluding ortho intramolecular Hbond substituents is 1. The Hall–Kier alpha value is -1.20. The molecule has 1 saturated carbocycles.